The normalized spacial score (nSPS) is 10.8. The summed E-state index contributed by atoms with van der Waals surface area (Å²) < 4.78 is 31.4. The summed E-state index contributed by atoms with van der Waals surface area (Å²) in [7, 11) is 0. The van der Waals surface area contributed by atoms with Crippen molar-refractivity contribution < 1.29 is 23.7 Å². The Morgan fingerprint density at radius 1 is 0.719 bits per heavy atom. The zero-order chi connectivity index (χ0) is 22.9. The van der Waals surface area contributed by atoms with Crippen molar-refractivity contribution in [3.8, 4) is 45.8 Å². The molecule has 0 saturated heterocycles. The van der Waals surface area contributed by atoms with Crippen LogP contribution in [0.25, 0.3) is 22.8 Å². The third kappa shape index (κ3) is 5.84. The van der Waals surface area contributed by atoms with Crippen LogP contribution in [0.15, 0.2) is 36.4 Å². The van der Waals surface area contributed by atoms with Crippen LogP contribution in [0.1, 0.15) is 40.0 Å². The number of halogens is 1. The van der Waals surface area contributed by atoms with Crippen molar-refractivity contribution in [2.45, 2.75) is 40.0 Å². The minimum Gasteiger partial charge on any atom is -0.507 e. The minimum absolute atomic E-state index is 0.0137. The maximum atomic E-state index is 14.4. The molecule has 1 N–H and O–H groups in total. The fourth-order valence-corrected chi connectivity index (χ4v) is 2.93. The van der Waals surface area contributed by atoms with Crippen LogP contribution in [0, 0.1) is 6.08 Å². The molecule has 3 rings (SSSR count). The molecule has 0 saturated carbocycles. The van der Waals surface area contributed by atoms with Gasteiger partial charge >= 0.3 is 6.08 Å². The van der Waals surface area contributed by atoms with Gasteiger partial charge in [0.05, 0.1) is 30.9 Å². The summed E-state index contributed by atoms with van der Waals surface area (Å²) in [5, 5.41) is 10.4. The molecular weight excluding hydrogens is 413 g/mol. The Labute approximate surface area is 187 Å². The SMILES string of the molecule is CCCOc1ccc(-c2nc(F)nc(-c3ccc(OCCC)cc3OCCC)n2)c(O)c1. The second-order valence-electron chi connectivity index (χ2n) is 7.13. The second kappa shape index (κ2) is 11.3. The first kappa shape index (κ1) is 23.2. The number of aromatic nitrogens is 3. The van der Waals surface area contributed by atoms with Crippen molar-refractivity contribution >= 4 is 0 Å². The summed E-state index contributed by atoms with van der Waals surface area (Å²) in [4.78, 5) is 12.0. The van der Waals surface area contributed by atoms with E-state index in [1.807, 2.05) is 20.8 Å². The maximum Gasteiger partial charge on any atom is 0.312 e. The molecule has 0 aliphatic heterocycles. The van der Waals surface area contributed by atoms with Gasteiger partial charge in [-0.05, 0) is 43.5 Å². The number of rotatable bonds is 11. The van der Waals surface area contributed by atoms with E-state index in [1.54, 1.807) is 30.3 Å². The molecule has 170 valence electrons. The summed E-state index contributed by atoms with van der Waals surface area (Å²) in [6, 6.07) is 9.98. The van der Waals surface area contributed by atoms with Gasteiger partial charge in [0.25, 0.3) is 0 Å². The van der Waals surface area contributed by atoms with E-state index in [4.69, 9.17) is 14.2 Å². The number of aromatic hydroxyl groups is 1. The van der Waals surface area contributed by atoms with Gasteiger partial charge in [-0.15, -0.1) is 0 Å². The van der Waals surface area contributed by atoms with Gasteiger partial charge in [0.1, 0.15) is 23.0 Å². The van der Waals surface area contributed by atoms with Gasteiger partial charge in [-0.3, -0.25) is 0 Å². The van der Waals surface area contributed by atoms with E-state index in [-0.39, 0.29) is 23.0 Å². The van der Waals surface area contributed by atoms with Crippen molar-refractivity contribution in [1.82, 2.24) is 15.0 Å². The van der Waals surface area contributed by atoms with Gasteiger partial charge in [0.2, 0.25) is 0 Å². The molecule has 1 aromatic heterocycles. The summed E-state index contributed by atoms with van der Waals surface area (Å²) in [5.41, 5.74) is 0.780. The van der Waals surface area contributed by atoms with E-state index in [0.29, 0.717) is 42.6 Å². The first-order chi connectivity index (χ1) is 15.5. The highest BCUT2D eigenvalue weighted by Crippen LogP contribution is 2.35. The number of benzene rings is 2. The molecule has 0 aliphatic carbocycles. The van der Waals surface area contributed by atoms with Gasteiger partial charge in [0, 0.05) is 12.1 Å². The standard InChI is InChI=1S/C24H28FN3O4/c1-4-11-30-16-7-9-18(20(29)14-16)22-26-23(28-24(25)27-22)19-10-8-17(31-12-5-2)15-21(19)32-13-6-3/h7-10,14-15,29H,4-6,11-13H2,1-3H3. The Balaban J connectivity index is 1.99. The summed E-state index contributed by atoms with van der Waals surface area (Å²) >= 11 is 0. The molecule has 3 aromatic rings. The lowest BCUT2D eigenvalue weighted by atomic mass is 10.1. The zero-order valence-corrected chi connectivity index (χ0v) is 18.6. The van der Waals surface area contributed by atoms with E-state index in [1.165, 1.54) is 6.07 Å². The topological polar surface area (TPSA) is 86.6 Å². The molecule has 2 aromatic carbocycles. The lowest BCUT2D eigenvalue weighted by Crippen LogP contribution is -2.04. The van der Waals surface area contributed by atoms with E-state index in [2.05, 4.69) is 15.0 Å². The highest BCUT2D eigenvalue weighted by Gasteiger charge is 2.17. The molecule has 7 nitrogen and oxygen atoms in total. The molecule has 0 radical (unpaired) electrons. The monoisotopic (exact) mass is 441 g/mol. The zero-order valence-electron chi connectivity index (χ0n) is 18.6. The average molecular weight is 442 g/mol. The Bertz CT molecular complexity index is 1050. The van der Waals surface area contributed by atoms with Crippen LogP contribution < -0.4 is 14.2 Å². The number of nitrogens with zero attached hydrogens (tertiary/aromatic N) is 3. The van der Waals surface area contributed by atoms with Crippen molar-refractivity contribution in [3.05, 3.63) is 42.5 Å². The highest BCUT2D eigenvalue weighted by atomic mass is 19.1. The predicted octanol–water partition coefficient (Wildman–Crippen LogP) is 5.42. The van der Waals surface area contributed by atoms with Crippen LogP contribution in [0.5, 0.6) is 23.0 Å². The molecule has 0 atom stereocenters. The quantitative estimate of drug-likeness (QED) is 0.425. The molecule has 1 heterocycles. The molecule has 32 heavy (non-hydrogen) atoms. The van der Waals surface area contributed by atoms with Gasteiger partial charge in [0.15, 0.2) is 11.6 Å². The van der Waals surface area contributed by atoms with Gasteiger partial charge in [-0.2, -0.15) is 14.4 Å². The molecule has 0 unspecified atom stereocenters. The van der Waals surface area contributed by atoms with Gasteiger partial charge < -0.3 is 19.3 Å². The smallest absolute Gasteiger partial charge is 0.312 e. The Morgan fingerprint density at radius 3 is 1.84 bits per heavy atom. The third-order valence-corrected chi connectivity index (χ3v) is 4.42. The van der Waals surface area contributed by atoms with E-state index < -0.39 is 6.08 Å². The van der Waals surface area contributed by atoms with Crippen LogP contribution in [-0.2, 0) is 0 Å². The predicted molar refractivity (Wildman–Crippen MR) is 120 cm³/mol. The van der Waals surface area contributed by atoms with Crippen molar-refractivity contribution in [1.29, 1.82) is 0 Å². The summed E-state index contributed by atoms with van der Waals surface area (Å²) in [6.07, 6.45) is 1.57. The Kier molecular flexibility index (Phi) is 8.19. The number of phenols is 1. The lowest BCUT2D eigenvalue weighted by molar-refractivity contribution is 0.302. The minimum atomic E-state index is -0.955. The second-order valence-corrected chi connectivity index (χ2v) is 7.13. The first-order valence-corrected chi connectivity index (χ1v) is 10.8. The molecule has 0 amide bonds. The number of ether oxygens (including phenoxy) is 3. The summed E-state index contributed by atoms with van der Waals surface area (Å²) in [5.74, 6) is 1.66. The van der Waals surface area contributed by atoms with Crippen LogP contribution in [0.2, 0.25) is 0 Å². The number of phenolic OH excluding ortho intramolecular Hbond substituents is 1. The molecule has 0 bridgehead atoms. The van der Waals surface area contributed by atoms with Crippen LogP contribution in [0.3, 0.4) is 0 Å². The maximum absolute atomic E-state index is 14.4. The molecule has 0 aliphatic rings. The van der Waals surface area contributed by atoms with E-state index in [0.717, 1.165) is 19.3 Å². The Hall–Kier alpha value is -3.42. The summed E-state index contributed by atoms with van der Waals surface area (Å²) in [6.45, 7) is 7.59. The third-order valence-electron chi connectivity index (χ3n) is 4.42. The lowest BCUT2D eigenvalue weighted by Gasteiger charge is -2.13. The average Bonchev–Trinajstić information content (AvgIpc) is 2.79. The molecule has 0 fully saturated rings. The number of hydrogen-bond donors (Lipinski definition) is 1. The van der Waals surface area contributed by atoms with E-state index >= 15 is 0 Å². The fourth-order valence-electron chi connectivity index (χ4n) is 2.93. The van der Waals surface area contributed by atoms with Crippen LogP contribution in [-0.4, -0.2) is 39.9 Å². The highest BCUT2D eigenvalue weighted by molar-refractivity contribution is 5.70. The fraction of sp³-hybridized carbons (Fsp3) is 0.375. The molecular formula is C24H28FN3O4. The van der Waals surface area contributed by atoms with Crippen LogP contribution in [0.4, 0.5) is 4.39 Å². The molecule has 8 heteroatoms. The molecule has 0 spiro atoms. The number of hydrogen-bond acceptors (Lipinski definition) is 7. The van der Waals surface area contributed by atoms with Crippen LogP contribution >= 0.6 is 0 Å². The van der Waals surface area contributed by atoms with Crippen molar-refractivity contribution in [3.63, 3.8) is 0 Å². The first-order valence-electron chi connectivity index (χ1n) is 10.8. The van der Waals surface area contributed by atoms with Crippen molar-refractivity contribution in [2.75, 3.05) is 19.8 Å². The van der Waals surface area contributed by atoms with E-state index in [9.17, 15) is 9.50 Å². The largest absolute Gasteiger partial charge is 0.507 e. The Morgan fingerprint density at radius 2 is 1.25 bits per heavy atom. The van der Waals surface area contributed by atoms with Gasteiger partial charge in [-0.25, -0.2) is 4.98 Å². The van der Waals surface area contributed by atoms with Gasteiger partial charge in [-0.1, -0.05) is 20.8 Å². The van der Waals surface area contributed by atoms with Crippen molar-refractivity contribution in [2.24, 2.45) is 0 Å².